The van der Waals surface area contributed by atoms with Gasteiger partial charge >= 0.3 is 0 Å². The molecule has 1 N–H and O–H groups in total. The van der Waals surface area contributed by atoms with Gasteiger partial charge in [-0.25, -0.2) is 4.98 Å². The predicted molar refractivity (Wildman–Crippen MR) is 117 cm³/mol. The molecule has 1 saturated carbocycles. The predicted octanol–water partition coefficient (Wildman–Crippen LogP) is 4.95. The van der Waals surface area contributed by atoms with Crippen molar-refractivity contribution in [3.05, 3.63) is 88.6 Å². The van der Waals surface area contributed by atoms with Crippen LogP contribution >= 0.6 is 0 Å². The summed E-state index contributed by atoms with van der Waals surface area (Å²) in [6.07, 6.45) is 3.57. The summed E-state index contributed by atoms with van der Waals surface area (Å²) in [6.45, 7) is 7.76. The summed E-state index contributed by atoms with van der Waals surface area (Å²) >= 11 is 0. The molecule has 0 bridgehead atoms. The highest BCUT2D eigenvalue weighted by Gasteiger charge is 2.26. The van der Waals surface area contributed by atoms with Gasteiger partial charge in [-0.1, -0.05) is 54.1 Å². The van der Waals surface area contributed by atoms with Crippen molar-refractivity contribution in [1.82, 2.24) is 15.2 Å². The van der Waals surface area contributed by atoms with Crippen molar-refractivity contribution in [1.29, 1.82) is 0 Å². The second-order valence-corrected chi connectivity index (χ2v) is 8.30. The molecular formula is C25H29N3O2. The normalized spacial score (nSPS) is 14.7. The SMILES string of the molecule is Cc1ccc(C)c(CN(Cc2nc(C(=O)NC3CC3)co2)[C@@H](C)c2ccccc2)c1. The zero-order chi connectivity index (χ0) is 21.1. The molecule has 0 spiro atoms. The molecule has 0 saturated heterocycles. The first kappa shape index (κ1) is 20.4. The number of carbonyl (C=O) groups is 1. The Labute approximate surface area is 178 Å². The van der Waals surface area contributed by atoms with Gasteiger partial charge in [0, 0.05) is 18.6 Å². The van der Waals surface area contributed by atoms with Crippen LogP contribution in [0.15, 0.2) is 59.2 Å². The van der Waals surface area contributed by atoms with Crippen molar-refractivity contribution in [3.63, 3.8) is 0 Å². The van der Waals surface area contributed by atoms with E-state index >= 15 is 0 Å². The van der Waals surface area contributed by atoms with Crippen molar-refractivity contribution in [3.8, 4) is 0 Å². The lowest BCUT2D eigenvalue weighted by Crippen LogP contribution is -2.27. The maximum absolute atomic E-state index is 12.3. The van der Waals surface area contributed by atoms with E-state index in [0.717, 1.165) is 19.4 Å². The smallest absolute Gasteiger partial charge is 0.273 e. The van der Waals surface area contributed by atoms with Crippen LogP contribution in [0.3, 0.4) is 0 Å². The monoisotopic (exact) mass is 403 g/mol. The Bertz CT molecular complexity index is 1010. The molecule has 3 aromatic rings. The van der Waals surface area contributed by atoms with Crippen LogP contribution in [-0.2, 0) is 13.1 Å². The first-order valence-corrected chi connectivity index (χ1v) is 10.6. The Morgan fingerprint density at radius 3 is 2.67 bits per heavy atom. The highest BCUT2D eigenvalue weighted by Crippen LogP contribution is 2.26. The zero-order valence-electron chi connectivity index (χ0n) is 17.9. The van der Waals surface area contributed by atoms with Gasteiger partial charge in [-0.2, -0.15) is 0 Å². The molecule has 0 radical (unpaired) electrons. The summed E-state index contributed by atoms with van der Waals surface area (Å²) in [5.74, 6) is 0.411. The molecule has 1 heterocycles. The van der Waals surface area contributed by atoms with E-state index in [1.54, 1.807) is 0 Å². The largest absolute Gasteiger partial charge is 0.447 e. The maximum Gasteiger partial charge on any atom is 0.273 e. The van der Waals surface area contributed by atoms with Crippen LogP contribution in [0.25, 0.3) is 0 Å². The van der Waals surface area contributed by atoms with Gasteiger partial charge in [0.05, 0.1) is 6.54 Å². The van der Waals surface area contributed by atoms with Gasteiger partial charge in [-0.3, -0.25) is 9.69 Å². The third kappa shape index (κ3) is 4.97. The highest BCUT2D eigenvalue weighted by molar-refractivity contribution is 5.92. The first-order valence-electron chi connectivity index (χ1n) is 10.6. The number of nitrogens with zero attached hydrogens (tertiary/aromatic N) is 2. The molecule has 0 aliphatic heterocycles. The Morgan fingerprint density at radius 2 is 1.93 bits per heavy atom. The van der Waals surface area contributed by atoms with E-state index in [0.29, 0.717) is 24.2 Å². The van der Waals surface area contributed by atoms with Crippen LogP contribution in [0, 0.1) is 13.8 Å². The molecule has 1 aliphatic rings. The molecule has 0 unspecified atom stereocenters. The number of oxazole rings is 1. The van der Waals surface area contributed by atoms with Crippen molar-refractivity contribution in [2.45, 2.75) is 58.8 Å². The standard InChI is InChI=1S/C25H29N3O2/c1-17-9-10-18(2)21(13-17)14-28(19(3)20-7-5-4-6-8-20)15-24-27-23(16-30-24)25(29)26-22-11-12-22/h4-10,13,16,19,22H,11-12,14-15H2,1-3H3,(H,26,29)/t19-/m0/s1. The fourth-order valence-electron chi connectivity index (χ4n) is 3.61. The lowest BCUT2D eigenvalue weighted by atomic mass is 10.0. The minimum absolute atomic E-state index is 0.148. The summed E-state index contributed by atoms with van der Waals surface area (Å²) in [5, 5.41) is 2.96. The number of carbonyl (C=O) groups excluding carboxylic acids is 1. The molecule has 5 nitrogen and oxygen atoms in total. The van der Waals surface area contributed by atoms with Gasteiger partial charge in [0.25, 0.3) is 5.91 Å². The molecule has 5 heteroatoms. The number of amides is 1. The Hall–Kier alpha value is -2.92. The van der Waals surface area contributed by atoms with Gasteiger partial charge in [0.2, 0.25) is 5.89 Å². The van der Waals surface area contributed by atoms with E-state index in [1.165, 1.54) is 28.5 Å². The average molecular weight is 404 g/mol. The number of aromatic nitrogens is 1. The van der Waals surface area contributed by atoms with E-state index < -0.39 is 0 Å². The van der Waals surface area contributed by atoms with Gasteiger partial charge < -0.3 is 9.73 Å². The lowest BCUT2D eigenvalue weighted by molar-refractivity contribution is 0.0946. The molecule has 1 aromatic heterocycles. The van der Waals surface area contributed by atoms with Crippen molar-refractivity contribution in [2.24, 2.45) is 0 Å². The minimum Gasteiger partial charge on any atom is -0.447 e. The first-order chi connectivity index (χ1) is 14.5. The molecule has 4 rings (SSSR count). The molecule has 30 heavy (non-hydrogen) atoms. The summed E-state index contributed by atoms with van der Waals surface area (Å²) in [5.41, 5.74) is 5.40. The number of aryl methyl sites for hydroxylation is 2. The van der Waals surface area contributed by atoms with Gasteiger partial charge in [-0.05, 0) is 50.3 Å². The number of benzene rings is 2. The second-order valence-electron chi connectivity index (χ2n) is 8.30. The summed E-state index contributed by atoms with van der Waals surface area (Å²) < 4.78 is 5.68. The number of hydrogen-bond acceptors (Lipinski definition) is 4. The molecular weight excluding hydrogens is 374 g/mol. The topological polar surface area (TPSA) is 58.4 Å². The molecule has 1 atom stereocenters. The molecule has 1 fully saturated rings. The Morgan fingerprint density at radius 1 is 1.17 bits per heavy atom. The van der Waals surface area contributed by atoms with Gasteiger partial charge in [0.1, 0.15) is 6.26 Å². The van der Waals surface area contributed by atoms with Crippen molar-refractivity contribution >= 4 is 5.91 Å². The average Bonchev–Trinajstić information content (AvgIpc) is 3.44. The number of rotatable bonds is 8. The zero-order valence-corrected chi connectivity index (χ0v) is 17.9. The third-order valence-electron chi connectivity index (χ3n) is 5.74. The van der Waals surface area contributed by atoms with Crippen LogP contribution in [-0.4, -0.2) is 21.8 Å². The van der Waals surface area contributed by atoms with Gasteiger partial charge in [0.15, 0.2) is 5.69 Å². The Balaban J connectivity index is 1.56. The van der Waals surface area contributed by atoms with E-state index in [9.17, 15) is 4.79 Å². The third-order valence-corrected chi connectivity index (χ3v) is 5.74. The fourth-order valence-corrected chi connectivity index (χ4v) is 3.61. The van der Waals surface area contributed by atoms with E-state index in [2.05, 4.69) is 78.4 Å². The lowest BCUT2D eigenvalue weighted by Gasteiger charge is -2.29. The molecule has 156 valence electrons. The van der Waals surface area contributed by atoms with Crippen LogP contribution < -0.4 is 5.32 Å². The van der Waals surface area contributed by atoms with Crippen LogP contribution in [0.1, 0.15) is 64.4 Å². The van der Waals surface area contributed by atoms with E-state index in [-0.39, 0.29) is 11.9 Å². The fraction of sp³-hybridized carbons (Fsp3) is 0.360. The number of hydrogen-bond donors (Lipinski definition) is 1. The van der Waals surface area contributed by atoms with Crippen molar-refractivity contribution < 1.29 is 9.21 Å². The maximum atomic E-state index is 12.3. The Kier molecular flexibility index (Phi) is 6.00. The molecule has 1 amide bonds. The van der Waals surface area contributed by atoms with Crippen LogP contribution in [0.5, 0.6) is 0 Å². The van der Waals surface area contributed by atoms with Crippen molar-refractivity contribution in [2.75, 3.05) is 0 Å². The number of nitrogens with one attached hydrogen (secondary N) is 1. The quantitative estimate of drug-likeness (QED) is 0.578. The summed E-state index contributed by atoms with van der Waals surface area (Å²) in [4.78, 5) is 19.1. The minimum atomic E-state index is -0.148. The van der Waals surface area contributed by atoms with E-state index in [1.807, 2.05) is 6.07 Å². The highest BCUT2D eigenvalue weighted by atomic mass is 16.3. The second kappa shape index (κ2) is 8.84. The molecule has 1 aliphatic carbocycles. The van der Waals surface area contributed by atoms with Gasteiger partial charge in [-0.15, -0.1) is 0 Å². The molecule has 2 aromatic carbocycles. The summed E-state index contributed by atoms with van der Waals surface area (Å²) in [7, 11) is 0. The van der Waals surface area contributed by atoms with Crippen LogP contribution in [0.4, 0.5) is 0 Å². The van der Waals surface area contributed by atoms with Crippen LogP contribution in [0.2, 0.25) is 0 Å². The van der Waals surface area contributed by atoms with E-state index in [4.69, 9.17) is 4.42 Å². The summed E-state index contributed by atoms with van der Waals surface area (Å²) in [6, 6.07) is 17.5.